The lowest BCUT2D eigenvalue weighted by atomic mass is 10.0. The Labute approximate surface area is 192 Å². The van der Waals surface area contributed by atoms with E-state index in [9.17, 15) is 18.0 Å². The number of fused-ring (bicyclic) bond motifs is 3. The number of carbonyl (C=O) groups is 1. The van der Waals surface area contributed by atoms with Gasteiger partial charge < -0.3 is 14.8 Å². The molecule has 1 atom stereocenters. The first-order valence-electron chi connectivity index (χ1n) is 10.1. The number of ether oxygens (including phenoxy) is 2. The molecule has 2 aliphatic heterocycles. The predicted molar refractivity (Wildman–Crippen MR) is 121 cm³/mol. The number of aliphatic imine (C=N–C) groups is 1. The molecule has 4 rings (SSSR count). The highest BCUT2D eigenvalue weighted by atomic mass is 32.2. The molecule has 2 heterocycles. The van der Waals surface area contributed by atoms with Gasteiger partial charge in [0.2, 0.25) is 5.91 Å². The van der Waals surface area contributed by atoms with E-state index in [0.717, 1.165) is 29.8 Å². The maximum Gasteiger partial charge on any atom is 0.416 e. The average Bonchev–Trinajstić information content (AvgIpc) is 3.28. The summed E-state index contributed by atoms with van der Waals surface area (Å²) in [6, 6.07) is 10.7. The van der Waals surface area contributed by atoms with Gasteiger partial charge in [0.15, 0.2) is 5.17 Å². The molecular weight excluding hydrogens is 457 g/mol. The summed E-state index contributed by atoms with van der Waals surface area (Å²) in [6.07, 6.45) is -2.02. The number of benzene rings is 2. The van der Waals surface area contributed by atoms with Crippen LogP contribution in [0.3, 0.4) is 0 Å². The van der Waals surface area contributed by atoms with Gasteiger partial charge in [-0.15, -0.1) is 0 Å². The molecule has 2 aromatic carbocycles. The molecule has 7 nitrogen and oxygen atoms in total. The quantitative estimate of drug-likeness (QED) is 0.577. The van der Waals surface area contributed by atoms with E-state index in [-0.39, 0.29) is 36.4 Å². The molecule has 174 valence electrons. The summed E-state index contributed by atoms with van der Waals surface area (Å²) in [4.78, 5) is 17.2. The molecule has 0 fully saturated rings. The van der Waals surface area contributed by atoms with Crippen molar-refractivity contribution in [2.75, 3.05) is 31.4 Å². The highest BCUT2D eigenvalue weighted by molar-refractivity contribution is 8.14. The topological polar surface area (TPSA) is 75.5 Å². The molecule has 2 aromatic rings. The minimum Gasteiger partial charge on any atom is -0.489 e. The van der Waals surface area contributed by atoms with E-state index >= 15 is 0 Å². The average molecular weight is 478 g/mol. The van der Waals surface area contributed by atoms with E-state index in [1.807, 2.05) is 24.3 Å². The van der Waals surface area contributed by atoms with E-state index in [1.54, 1.807) is 11.2 Å². The summed E-state index contributed by atoms with van der Waals surface area (Å²) in [7, 11) is 1.48. The number of anilines is 1. The van der Waals surface area contributed by atoms with Crippen LogP contribution in [0.2, 0.25) is 0 Å². The molecular formula is C22H21F3N4O3S. The number of thioether (sulfide) groups is 1. The van der Waals surface area contributed by atoms with E-state index in [1.165, 1.54) is 24.9 Å². The van der Waals surface area contributed by atoms with Crippen molar-refractivity contribution in [2.45, 2.75) is 18.6 Å². The first-order chi connectivity index (χ1) is 15.9. The van der Waals surface area contributed by atoms with E-state index in [0.29, 0.717) is 5.17 Å². The maximum atomic E-state index is 13.2. The highest BCUT2D eigenvalue weighted by Crippen LogP contribution is 2.41. The lowest BCUT2D eigenvalue weighted by molar-refractivity contribution is -0.137. The van der Waals surface area contributed by atoms with Gasteiger partial charge in [-0.05, 0) is 24.3 Å². The van der Waals surface area contributed by atoms with Gasteiger partial charge in [-0.25, -0.2) is 10.0 Å². The van der Waals surface area contributed by atoms with Crippen LogP contribution in [0.1, 0.15) is 23.6 Å². The normalized spacial score (nSPS) is 16.8. The molecule has 0 spiro atoms. The monoisotopic (exact) mass is 478 g/mol. The first kappa shape index (κ1) is 23.1. The van der Waals surface area contributed by atoms with Gasteiger partial charge in [-0.2, -0.15) is 18.3 Å². The number of alkyl halides is 3. The summed E-state index contributed by atoms with van der Waals surface area (Å²) in [5.74, 6) is -0.420. The fraction of sp³-hybridized carbons (Fsp3) is 0.318. The molecule has 1 N–H and O–H groups in total. The van der Waals surface area contributed by atoms with Crippen LogP contribution in [0, 0.1) is 0 Å². The smallest absolute Gasteiger partial charge is 0.416 e. The number of nitrogens with one attached hydrogen (secondary N) is 1. The third kappa shape index (κ3) is 5.31. The van der Waals surface area contributed by atoms with Gasteiger partial charge in [0.1, 0.15) is 12.4 Å². The summed E-state index contributed by atoms with van der Waals surface area (Å²) in [6.45, 7) is 0.382. The molecule has 0 radical (unpaired) electrons. The van der Waals surface area contributed by atoms with Gasteiger partial charge in [-0.3, -0.25) is 4.79 Å². The van der Waals surface area contributed by atoms with Gasteiger partial charge in [0.25, 0.3) is 0 Å². The molecule has 0 aromatic heterocycles. The molecule has 0 bridgehead atoms. The van der Waals surface area contributed by atoms with Crippen LogP contribution < -0.4 is 10.1 Å². The second-order valence-corrected chi connectivity index (χ2v) is 8.18. The van der Waals surface area contributed by atoms with E-state index < -0.39 is 17.6 Å². The Balaban J connectivity index is 1.47. The Hall–Kier alpha value is -3.05. The van der Waals surface area contributed by atoms with E-state index in [2.05, 4.69) is 15.4 Å². The van der Waals surface area contributed by atoms with Crippen LogP contribution in [0.15, 0.2) is 52.6 Å². The maximum absolute atomic E-state index is 13.2. The zero-order valence-electron chi connectivity index (χ0n) is 17.6. The van der Waals surface area contributed by atoms with Gasteiger partial charge in [-0.1, -0.05) is 30.0 Å². The Morgan fingerprint density at radius 2 is 2.06 bits per heavy atom. The van der Waals surface area contributed by atoms with Crippen LogP contribution >= 0.6 is 11.8 Å². The molecule has 11 heteroatoms. The summed E-state index contributed by atoms with van der Waals surface area (Å²) in [5, 5.41) is 9.22. The van der Waals surface area contributed by atoms with Crippen LogP contribution in [0.25, 0.3) is 0 Å². The summed E-state index contributed by atoms with van der Waals surface area (Å²) >= 11 is 1.17. The molecule has 0 saturated carbocycles. The second kappa shape index (κ2) is 9.84. The number of hydrogen-bond acceptors (Lipinski definition) is 7. The van der Waals surface area contributed by atoms with Crippen molar-refractivity contribution >= 4 is 40.4 Å². The number of nitrogens with zero attached hydrogens (tertiary/aromatic N) is 3. The molecule has 33 heavy (non-hydrogen) atoms. The largest absolute Gasteiger partial charge is 0.489 e. The van der Waals surface area contributed by atoms with Crippen molar-refractivity contribution in [3.8, 4) is 5.75 Å². The Kier molecular flexibility index (Phi) is 6.89. The minimum absolute atomic E-state index is 0.0218. The Morgan fingerprint density at radius 1 is 1.24 bits per heavy atom. The number of para-hydroxylation sites is 1. The second-order valence-electron chi connectivity index (χ2n) is 7.23. The lowest BCUT2D eigenvalue weighted by Crippen LogP contribution is -2.29. The lowest BCUT2D eigenvalue weighted by Gasteiger charge is -2.29. The molecule has 1 amide bonds. The van der Waals surface area contributed by atoms with Crippen LogP contribution in [0.4, 0.5) is 24.5 Å². The predicted octanol–water partition coefficient (Wildman–Crippen LogP) is 4.84. The van der Waals surface area contributed by atoms with Gasteiger partial charge in [0, 0.05) is 25.3 Å². The van der Waals surface area contributed by atoms with E-state index in [4.69, 9.17) is 9.47 Å². The minimum atomic E-state index is -4.55. The molecule has 2 aliphatic rings. The molecule has 0 aliphatic carbocycles. The summed E-state index contributed by atoms with van der Waals surface area (Å²) in [5.41, 5.74) is 0.941. The Bertz CT molecular complexity index is 1090. The highest BCUT2D eigenvalue weighted by Gasteiger charge is 2.33. The van der Waals surface area contributed by atoms with Crippen molar-refractivity contribution in [3.05, 3.63) is 53.6 Å². The van der Waals surface area contributed by atoms with Crippen molar-refractivity contribution < 1.29 is 27.4 Å². The van der Waals surface area contributed by atoms with Crippen molar-refractivity contribution in [1.29, 1.82) is 0 Å². The molecule has 0 saturated heterocycles. The Morgan fingerprint density at radius 3 is 2.85 bits per heavy atom. The van der Waals surface area contributed by atoms with Crippen LogP contribution in [0.5, 0.6) is 5.75 Å². The van der Waals surface area contributed by atoms with Crippen LogP contribution in [-0.4, -0.2) is 48.4 Å². The zero-order valence-corrected chi connectivity index (χ0v) is 18.4. The van der Waals surface area contributed by atoms with Gasteiger partial charge >= 0.3 is 6.18 Å². The van der Waals surface area contributed by atoms with Crippen LogP contribution in [-0.2, 0) is 15.7 Å². The number of hydrogen-bond donors (Lipinski definition) is 1. The number of methoxy groups -OCH3 is 1. The number of halogens is 3. The van der Waals surface area contributed by atoms with Gasteiger partial charge in [0.05, 0.1) is 35.3 Å². The van der Waals surface area contributed by atoms with Crippen molar-refractivity contribution in [3.63, 3.8) is 0 Å². The zero-order chi connectivity index (χ0) is 23.4. The summed E-state index contributed by atoms with van der Waals surface area (Å²) < 4.78 is 49.9. The first-order valence-corrected chi connectivity index (χ1v) is 11.1. The fourth-order valence-corrected chi connectivity index (χ4v) is 4.26. The molecule has 0 unspecified atom stereocenters. The fourth-order valence-electron chi connectivity index (χ4n) is 3.46. The SMILES string of the molecule is COCCOc1ccc(C(F)(F)F)cc1NC(=O)CSC1=Nc2ccccc2[C@H]2CC=NN12. The van der Waals surface area contributed by atoms with Crippen molar-refractivity contribution in [1.82, 2.24) is 5.01 Å². The number of amidine groups is 1. The third-order valence-electron chi connectivity index (χ3n) is 5.00. The third-order valence-corrected chi connectivity index (χ3v) is 5.94. The number of carbonyl (C=O) groups excluding carboxylic acids is 1. The number of hydrazone groups is 1. The standard InChI is InChI=1S/C22H21F3N4O3S/c1-31-10-11-32-19-7-6-14(22(23,24)25)12-17(19)27-20(30)13-33-21-28-16-5-3-2-4-15(16)18-8-9-26-29(18)21/h2-7,9,12,18H,8,10-11,13H2,1H3,(H,27,30)/t18-/m1/s1. The number of amides is 1. The number of rotatable bonds is 7. The van der Waals surface area contributed by atoms with Crippen molar-refractivity contribution in [2.24, 2.45) is 10.1 Å².